The van der Waals surface area contributed by atoms with E-state index in [1.54, 1.807) is 29.8 Å². The zero-order valence-electron chi connectivity index (χ0n) is 17.4. The molecule has 1 N–H and O–H groups in total. The minimum atomic E-state index is -3.66. The summed E-state index contributed by atoms with van der Waals surface area (Å²) < 4.78 is 33.8. The number of rotatable bonds is 5. The maximum atomic E-state index is 13.2. The Kier molecular flexibility index (Phi) is 5.79. The van der Waals surface area contributed by atoms with Gasteiger partial charge in [0.2, 0.25) is 0 Å². The average Bonchev–Trinajstić information content (AvgIpc) is 3.37. The lowest BCUT2D eigenvalue weighted by atomic mass is 10.1. The molecule has 3 heterocycles. The number of ether oxygens (including phenoxy) is 1. The van der Waals surface area contributed by atoms with Crippen molar-refractivity contribution < 1.29 is 17.9 Å². The van der Waals surface area contributed by atoms with Crippen LogP contribution in [0.25, 0.3) is 11.3 Å². The summed E-state index contributed by atoms with van der Waals surface area (Å²) in [6, 6.07) is 9.23. The second-order valence-electron chi connectivity index (χ2n) is 7.20. The fraction of sp³-hybridized carbons (Fsp3) is 0.350. The topological polar surface area (TPSA) is 113 Å². The van der Waals surface area contributed by atoms with Gasteiger partial charge in [0.05, 0.1) is 25.3 Å². The number of nitrogens with zero attached hydrogens (tertiary/aromatic N) is 5. The van der Waals surface area contributed by atoms with Crippen LogP contribution in [0.1, 0.15) is 16.9 Å². The summed E-state index contributed by atoms with van der Waals surface area (Å²) in [5.41, 5.74) is 1.87. The molecule has 2 aromatic heterocycles. The molecule has 0 aliphatic carbocycles. The van der Waals surface area contributed by atoms with Gasteiger partial charge in [0, 0.05) is 38.8 Å². The minimum absolute atomic E-state index is 0.0559. The molecule has 11 heteroatoms. The van der Waals surface area contributed by atoms with Crippen molar-refractivity contribution in [3.8, 4) is 17.0 Å². The molecule has 1 aromatic carbocycles. The van der Waals surface area contributed by atoms with E-state index in [0.29, 0.717) is 43.2 Å². The standard InChI is InChI=1S/C20H24N6O4S/c1-24-17(12-16(23-24)15-6-3-4-7-18(15)30-2)20(27)25-8-5-9-26(11-10-25)31(28,29)19-13-21-14-22-19/h3-4,6-7,12-14H,5,8-11H2,1-2H3,(H,21,22). The smallest absolute Gasteiger partial charge is 0.272 e. The number of nitrogens with one attached hydrogen (secondary N) is 1. The number of H-pyrrole nitrogens is 1. The van der Waals surface area contributed by atoms with Crippen molar-refractivity contribution >= 4 is 15.9 Å². The van der Waals surface area contributed by atoms with Gasteiger partial charge in [0.15, 0.2) is 5.03 Å². The Hall–Kier alpha value is -3.18. The van der Waals surface area contributed by atoms with Crippen LogP contribution in [0.2, 0.25) is 0 Å². The highest BCUT2D eigenvalue weighted by molar-refractivity contribution is 7.89. The number of aromatic amines is 1. The molecular formula is C20H24N6O4S. The molecule has 0 saturated carbocycles. The van der Waals surface area contributed by atoms with Crippen LogP contribution in [-0.4, -0.2) is 76.6 Å². The van der Waals surface area contributed by atoms with Gasteiger partial charge in [-0.05, 0) is 24.6 Å². The third kappa shape index (κ3) is 4.06. The summed E-state index contributed by atoms with van der Waals surface area (Å²) in [7, 11) is -0.345. The predicted molar refractivity (Wildman–Crippen MR) is 113 cm³/mol. The number of aromatic nitrogens is 4. The Bertz CT molecular complexity index is 1170. The van der Waals surface area contributed by atoms with Gasteiger partial charge in [0.25, 0.3) is 15.9 Å². The fourth-order valence-corrected chi connectivity index (χ4v) is 5.04. The quantitative estimate of drug-likeness (QED) is 0.636. The predicted octanol–water partition coefficient (Wildman–Crippen LogP) is 1.36. The maximum absolute atomic E-state index is 13.2. The molecule has 0 bridgehead atoms. The van der Waals surface area contributed by atoms with Crippen LogP contribution in [0.3, 0.4) is 0 Å². The largest absolute Gasteiger partial charge is 0.496 e. The van der Waals surface area contributed by atoms with Crippen molar-refractivity contribution in [1.29, 1.82) is 0 Å². The Morgan fingerprint density at radius 1 is 1.16 bits per heavy atom. The van der Waals surface area contributed by atoms with Crippen LogP contribution in [0.5, 0.6) is 5.75 Å². The van der Waals surface area contributed by atoms with Crippen molar-refractivity contribution in [3.05, 3.63) is 48.5 Å². The van der Waals surface area contributed by atoms with Crippen LogP contribution in [0, 0.1) is 0 Å². The van der Waals surface area contributed by atoms with Crippen molar-refractivity contribution in [2.24, 2.45) is 7.05 Å². The molecule has 3 aromatic rings. The zero-order chi connectivity index (χ0) is 22.0. The number of imidazole rings is 1. The SMILES string of the molecule is COc1ccccc1-c1cc(C(=O)N2CCCN(S(=O)(=O)c3cnc[nH]3)CC2)n(C)n1. The molecule has 0 spiro atoms. The first-order valence-corrected chi connectivity index (χ1v) is 11.3. The van der Waals surface area contributed by atoms with Gasteiger partial charge in [-0.25, -0.2) is 13.4 Å². The highest BCUT2D eigenvalue weighted by Crippen LogP contribution is 2.29. The molecule has 0 radical (unpaired) electrons. The zero-order valence-corrected chi connectivity index (χ0v) is 18.2. The summed E-state index contributed by atoms with van der Waals surface area (Å²) in [6.07, 6.45) is 3.16. The molecule has 1 saturated heterocycles. The highest BCUT2D eigenvalue weighted by Gasteiger charge is 2.30. The number of amides is 1. The molecule has 10 nitrogen and oxygen atoms in total. The Morgan fingerprint density at radius 3 is 2.71 bits per heavy atom. The van der Waals surface area contributed by atoms with Gasteiger partial charge in [-0.2, -0.15) is 9.40 Å². The highest BCUT2D eigenvalue weighted by atomic mass is 32.2. The van der Waals surface area contributed by atoms with Crippen molar-refractivity contribution in [2.45, 2.75) is 11.4 Å². The first kappa shape index (κ1) is 21.1. The van der Waals surface area contributed by atoms with Gasteiger partial charge < -0.3 is 14.6 Å². The first-order valence-electron chi connectivity index (χ1n) is 9.87. The van der Waals surface area contributed by atoms with E-state index in [4.69, 9.17) is 4.74 Å². The molecule has 1 aliphatic rings. The lowest BCUT2D eigenvalue weighted by molar-refractivity contribution is 0.0753. The van der Waals surface area contributed by atoms with E-state index in [-0.39, 0.29) is 17.5 Å². The minimum Gasteiger partial charge on any atom is -0.496 e. The molecule has 4 rings (SSSR count). The molecule has 1 amide bonds. The second-order valence-corrected chi connectivity index (χ2v) is 9.11. The number of sulfonamides is 1. The fourth-order valence-electron chi connectivity index (χ4n) is 3.68. The molecule has 31 heavy (non-hydrogen) atoms. The van der Waals surface area contributed by atoms with Crippen molar-refractivity contribution in [1.82, 2.24) is 29.0 Å². The number of aryl methyl sites for hydroxylation is 1. The summed E-state index contributed by atoms with van der Waals surface area (Å²) in [5.74, 6) is 0.492. The number of hydrogen-bond donors (Lipinski definition) is 1. The molecule has 1 aliphatic heterocycles. The van der Waals surface area contributed by atoms with Crippen LogP contribution in [0.15, 0.2) is 47.9 Å². The summed E-state index contributed by atoms with van der Waals surface area (Å²) in [6.45, 7) is 1.30. The summed E-state index contributed by atoms with van der Waals surface area (Å²) in [5, 5.41) is 4.54. The molecule has 0 atom stereocenters. The van der Waals surface area contributed by atoms with Gasteiger partial charge >= 0.3 is 0 Å². The van der Waals surface area contributed by atoms with Gasteiger partial charge in [0.1, 0.15) is 11.4 Å². The number of benzene rings is 1. The number of para-hydroxylation sites is 1. The number of hydrogen-bond acceptors (Lipinski definition) is 6. The molecule has 164 valence electrons. The Labute approximate surface area is 180 Å². The summed E-state index contributed by atoms with van der Waals surface area (Å²) >= 11 is 0. The van der Waals surface area contributed by atoms with E-state index in [0.717, 1.165) is 5.56 Å². The van der Waals surface area contributed by atoms with E-state index in [1.165, 1.54) is 16.8 Å². The molecule has 0 unspecified atom stereocenters. The maximum Gasteiger partial charge on any atom is 0.272 e. The van der Waals surface area contributed by atoms with Gasteiger partial charge in [-0.15, -0.1) is 0 Å². The van der Waals surface area contributed by atoms with Crippen LogP contribution < -0.4 is 4.74 Å². The van der Waals surface area contributed by atoms with Crippen molar-refractivity contribution in [3.63, 3.8) is 0 Å². The first-order chi connectivity index (χ1) is 14.9. The van der Waals surface area contributed by atoms with E-state index in [2.05, 4.69) is 15.1 Å². The second kappa shape index (κ2) is 8.52. The van der Waals surface area contributed by atoms with Crippen LogP contribution in [0.4, 0.5) is 0 Å². The van der Waals surface area contributed by atoms with E-state index in [1.807, 2.05) is 24.3 Å². The van der Waals surface area contributed by atoms with E-state index in [9.17, 15) is 13.2 Å². The van der Waals surface area contributed by atoms with Crippen LogP contribution in [-0.2, 0) is 17.1 Å². The Morgan fingerprint density at radius 2 is 1.97 bits per heavy atom. The molecule has 1 fully saturated rings. The summed E-state index contributed by atoms with van der Waals surface area (Å²) in [4.78, 5) is 21.3. The number of carbonyl (C=O) groups excluding carboxylic acids is 1. The van der Waals surface area contributed by atoms with E-state index < -0.39 is 10.0 Å². The average molecular weight is 445 g/mol. The third-order valence-corrected chi connectivity index (χ3v) is 7.14. The third-order valence-electron chi connectivity index (χ3n) is 5.31. The monoisotopic (exact) mass is 444 g/mol. The number of carbonyl (C=O) groups is 1. The molecular weight excluding hydrogens is 420 g/mol. The lowest BCUT2D eigenvalue weighted by Crippen LogP contribution is -2.38. The Balaban J connectivity index is 1.52. The van der Waals surface area contributed by atoms with Crippen LogP contribution >= 0.6 is 0 Å². The number of methoxy groups -OCH3 is 1. The van der Waals surface area contributed by atoms with Gasteiger partial charge in [-0.3, -0.25) is 9.48 Å². The van der Waals surface area contributed by atoms with E-state index >= 15 is 0 Å². The van der Waals surface area contributed by atoms with Gasteiger partial charge in [-0.1, -0.05) is 12.1 Å². The normalized spacial score (nSPS) is 15.6. The van der Waals surface area contributed by atoms with Crippen molar-refractivity contribution in [2.75, 3.05) is 33.3 Å². The lowest BCUT2D eigenvalue weighted by Gasteiger charge is -2.21.